The lowest BCUT2D eigenvalue weighted by molar-refractivity contribution is 0.654. The average molecular weight is 262 g/mol. The Morgan fingerprint density at radius 1 is 1.33 bits per heavy atom. The number of aryl methyl sites for hydroxylation is 1. The molecule has 5 nitrogen and oxygen atoms in total. The van der Waals surface area contributed by atoms with Gasteiger partial charge in [0.05, 0.1) is 10.5 Å². The Morgan fingerprint density at radius 3 is 2.89 bits per heavy atom. The first-order chi connectivity index (χ1) is 8.70. The van der Waals surface area contributed by atoms with E-state index in [1.807, 2.05) is 36.0 Å². The van der Waals surface area contributed by atoms with E-state index >= 15 is 0 Å². The van der Waals surface area contributed by atoms with E-state index in [1.165, 1.54) is 0 Å². The number of anilines is 1. The molecule has 0 radical (unpaired) electrons. The Kier molecular flexibility index (Phi) is 2.48. The van der Waals surface area contributed by atoms with Crippen LogP contribution < -0.4 is 5.73 Å². The van der Waals surface area contributed by atoms with Crippen LogP contribution in [0, 0.1) is 0 Å². The van der Waals surface area contributed by atoms with Gasteiger partial charge in [0.15, 0.2) is 5.82 Å². The summed E-state index contributed by atoms with van der Waals surface area (Å²) in [6.45, 7) is 2.84. The van der Waals surface area contributed by atoms with Crippen LogP contribution in [0.3, 0.4) is 0 Å². The van der Waals surface area contributed by atoms with Gasteiger partial charge in [-0.2, -0.15) is 5.10 Å². The van der Waals surface area contributed by atoms with Crippen LogP contribution in [0.2, 0.25) is 5.02 Å². The summed E-state index contributed by atoms with van der Waals surface area (Å²) in [7, 11) is 0. The van der Waals surface area contributed by atoms with E-state index in [9.17, 15) is 0 Å². The number of fused-ring (bicyclic) bond motifs is 1. The van der Waals surface area contributed by atoms with Crippen molar-refractivity contribution in [3.05, 3.63) is 35.5 Å². The summed E-state index contributed by atoms with van der Waals surface area (Å²) in [5.41, 5.74) is 7.51. The van der Waals surface area contributed by atoms with Crippen molar-refractivity contribution in [1.29, 1.82) is 0 Å². The molecule has 2 aromatic heterocycles. The van der Waals surface area contributed by atoms with E-state index in [0.29, 0.717) is 16.5 Å². The molecule has 2 heterocycles. The normalized spacial score (nSPS) is 11.2. The highest BCUT2D eigenvalue weighted by atomic mass is 35.5. The molecule has 0 saturated carbocycles. The number of benzene rings is 1. The predicted molar refractivity (Wildman–Crippen MR) is 72.0 cm³/mol. The maximum Gasteiger partial charge on any atom is 0.207 e. The maximum atomic E-state index is 6.11. The number of imidazole rings is 1. The number of aromatic nitrogens is 4. The van der Waals surface area contributed by atoms with Crippen LogP contribution in [0.4, 0.5) is 5.95 Å². The van der Waals surface area contributed by atoms with Gasteiger partial charge in [0, 0.05) is 18.8 Å². The van der Waals surface area contributed by atoms with Gasteiger partial charge in [-0.15, -0.1) is 0 Å². The van der Waals surface area contributed by atoms with Crippen LogP contribution in [-0.2, 0) is 6.54 Å². The van der Waals surface area contributed by atoms with Gasteiger partial charge >= 0.3 is 0 Å². The summed E-state index contributed by atoms with van der Waals surface area (Å²) in [5.74, 6) is 1.14. The second-order valence-electron chi connectivity index (χ2n) is 3.94. The standard InChI is InChI=1S/C12H12ClN5/c1-2-17-7-6-10(16-17)18-9-5-3-4-8(13)11(9)15-12(18)14/h3-7H,2H2,1H3,(H2,14,15). The van der Waals surface area contributed by atoms with Gasteiger partial charge in [-0.3, -0.25) is 9.25 Å². The van der Waals surface area contributed by atoms with E-state index in [2.05, 4.69) is 10.1 Å². The number of nitrogen functional groups attached to an aromatic ring is 1. The minimum absolute atomic E-state index is 0.388. The highest BCUT2D eigenvalue weighted by Crippen LogP contribution is 2.27. The minimum atomic E-state index is 0.388. The molecule has 3 rings (SSSR count). The van der Waals surface area contributed by atoms with Crippen molar-refractivity contribution in [2.45, 2.75) is 13.5 Å². The molecule has 0 aliphatic carbocycles. The van der Waals surface area contributed by atoms with Crippen molar-refractivity contribution in [1.82, 2.24) is 19.3 Å². The highest BCUT2D eigenvalue weighted by molar-refractivity contribution is 6.35. The third kappa shape index (κ3) is 1.55. The molecule has 0 unspecified atom stereocenters. The minimum Gasteiger partial charge on any atom is -0.369 e. The lowest BCUT2D eigenvalue weighted by Gasteiger charge is -2.02. The summed E-state index contributed by atoms with van der Waals surface area (Å²) < 4.78 is 3.64. The Labute approximate surface area is 109 Å². The number of para-hydroxylation sites is 1. The summed E-state index contributed by atoms with van der Waals surface area (Å²) in [6.07, 6.45) is 1.91. The molecule has 0 saturated heterocycles. The fraction of sp³-hybridized carbons (Fsp3) is 0.167. The van der Waals surface area contributed by atoms with Gasteiger partial charge in [0.2, 0.25) is 5.95 Å². The van der Waals surface area contributed by atoms with Crippen molar-refractivity contribution < 1.29 is 0 Å². The van der Waals surface area contributed by atoms with E-state index in [0.717, 1.165) is 17.9 Å². The number of hydrogen-bond donors (Lipinski definition) is 1. The van der Waals surface area contributed by atoms with E-state index in [-0.39, 0.29) is 0 Å². The number of nitrogens with zero attached hydrogens (tertiary/aromatic N) is 4. The highest BCUT2D eigenvalue weighted by Gasteiger charge is 2.13. The number of rotatable bonds is 2. The maximum absolute atomic E-state index is 6.11. The van der Waals surface area contributed by atoms with Crippen LogP contribution in [0.25, 0.3) is 16.9 Å². The molecule has 0 spiro atoms. The van der Waals surface area contributed by atoms with Gasteiger partial charge in [0.25, 0.3) is 0 Å². The molecule has 3 aromatic rings. The van der Waals surface area contributed by atoms with Crippen LogP contribution in [0.5, 0.6) is 0 Å². The third-order valence-electron chi connectivity index (χ3n) is 2.84. The molecule has 92 valence electrons. The fourth-order valence-corrected chi connectivity index (χ4v) is 2.18. The molecular formula is C12H12ClN5. The van der Waals surface area contributed by atoms with E-state index in [4.69, 9.17) is 17.3 Å². The van der Waals surface area contributed by atoms with Crippen molar-refractivity contribution >= 4 is 28.6 Å². The summed E-state index contributed by atoms with van der Waals surface area (Å²) in [6, 6.07) is 7.50. The quantitative estimate of drug-likeness (QED) is 0.771. The topological polar surface area (TPSA) is 61.7 Å². The molecule has 18 heavy (non-hydrogen) atoms. The van der Waals surface area contributed by atoms with Gasteiger partial charge < -0.3 is 5.73 Å². The van der Waals surface area contributed by atoms with E-state index < -0.39 is 0 Å². The second-order valence-corrected chi connectivity index (χ2v) is 4.35. The van der Waals surface area contributed by atoms with Crippen molar-refractivity contribution in [3.63, 3.8) is 0 Å². The fourth-order valence-electron chi connectivity index (χ4n) is 1.97. The van der Waals surface area contributed by atoms with Crippen LogP contribution in [0.1, 0.15) is 6.92 Å². The van der Waals surface area contributed by atoms with Crippen molar-refractivity contribution in [2.24, 2.45) is 0 Å². The summed E-state index contributed by atoms with van der Waals surface area (Å²) in [4.78, 5) is 4.28. The Balaban J connectivity index is 2.28. The molecule has 0 aliphatic rings. The monoisotopic (exact) mass is 261 g/mol. The molecule has 0 fully saturated rings. The summed E-state index contributed by atoms with van der Waals surface area (Å²) >= 11 is 6.11. The SMILES string of the molecule is CCn1ccc(-n2c(N)nc3c(Cl)cccc32)n1. The number of hydrogen-bond acceptors (Lipinski definition) is 3. The zero-order chi connectivity index (χ0) is 12.7. The molecule has 0 aliphatic heterocycles. The molecule has 0 amide bonds. The smallest absolute Gasteiger partial charge is 0.207 e. The summed E-state index contributed by atoms with van der Waals surface area (Å²) in [5, 5.41) is 5.02. The first kappa shape index (κ1) is 11.1. The first-order valence-corrected chi connectivity index (χ1v) is 6.04. The third-order valence-corrected chi connectivity index (χ3v) is 3.15. The molecule has 6 heteroatoms. The predicted octanol–water partition coefficient (Wildman–Crippen LogP) is 2.48. The Bertz CT molecular complexity index is 712. The van der Waals surface area contributed by atoms with Gasteiger partial charge in [-0.25, -0.2) is 4.98 Å². The molecule has 1 aromatic carbocycles. The lowest BCUT2D eigenvalue weighted by atomic mass is 10.3. The zero-order valence-corrected chi connectivity index (χ0v) is 10.6. The Hall–Kier alpha value is -2.01. The average Bonchev–Trinajstić information content (AvgIpc) is 2.93. The molecule has 0 atom stereocenters. The second kappa shape index (κ2) is 4.03. The first-order valence-electron chi connectivity index (χ1n) is 5.67. The molecule has 0 bridgehead atoms. The van der Waals surface area contributed by atoms with Gasteiger partial charge in [-0.1, -0.05) is 17.7 Å². The van der Waals surface area contributed by atoms with Gasteiger partial charge in [-0.05, 0) is 19.1 Å². The van der Waals surface area contributed by atoms with E-state index in [1.54, 1.807) is 10.6 Å². The number of nitrogens with two attached hydrogens (primary N) is 1. The molecule has 2 N–H and O–H groups in total. The lowest BCUT2D eigenvalue weighted by Crippen LogP contribution is -2.03. The zero-order valence-electron chi connectivity index (χ0n) is 9.84. The molecular weight excluding hydrogens is 250 g/mol. The number of halogens is 1. The van der Waals surface area contributed by atoms with Gasteiger partial charge in [0.1, 0.15) is 5.52 Å². The Morgan fingerprint density at radius 2 is 2.17 bits per heavy atom. The van der Waals surface area contributed by atoms with Crippen molar-refractivity contribution in [2.75, 3.05) is 5.73 Å². The van der Waals surface area contributed by atoms with Crippen LogP contribution in [0.15, 0.2) is 30.5 Å². The van der Waals surface area contributed by atoms with Crippen LogP contribution in [-0.4, -0.2) is 19.3 Å². The largest absolute Gasteiger partial charge is 0.369 e. The van der Waals surface area contributed by atoms with Crippen molar-refractivity contribution in [3.8, 4) is 5.82 Å². The van der Waals surface area contributed by atoms with Crippen LogP contribution >= 0.6 is 11.6 Å².